The third-order valence-corrected chi connectivity index (χ3v) is 4.16. The summed E-state index contributed by atoms with van der Waals surface area (Å²) in [6.45, 7) is 4.65. The zero-order valence-electron chi connectivity index (χ0n) is 9.82. The summed E-state index contributed by atoms with van der Waals surface area (Å²) in [5.41, 5.74) is 0. The highest BCUT2D eigenvalue weighted by Crippen LogP contribution is 2.33. The number of hydrogen-bond donors (Lipinski definition) is 0. The van der Waals surface area contributed by atoms with Crippen LogP contribution in [0.1, 0.15) is 33.1 Å². The zero-order valence-corrected chi connectivity index (χ0v) is 11.4. The Morgan fingerprint density at radius 2 is 2.12 bits per heavy atom. The Bertz CT molecular complexity index is 356. The molecule has 0 radical (unpaired) electrons. The second-order valence-electron chi connectivity index (χ2n) is 4.80. The molecule has 1 aliphatic carbocycles. The largest absolute Gasteiger partial charge is 0.488 e. The molecule has 0 saturated heterocycles. The summed E-state index contributed by atoms with van der Waals surface area (Å²) >= 11 is 3.41. The van der Waals surface area contributed by atoms with Crippen molar-refractivity contribution in [1.29, 1.82) is 0 Å². The van der Waals surface area contributed by atoms with E-state index in [0.717, 1.165) is 35.0 Å². The maximum atomic E-state index is 6.00. The van der Waals surface area contributed by atoms with Crippen LogP contribution in [0, 0.1) is 11.8 Å². The lowest BCUT2D eigenvalue weighted by atomic mass is 9.80. The first-order chi connectivity index (χ1) is 7.66. The zero-order chi connectivity index (χ0) is 11.5. The van der Waals surface area contributed by atoms with Gasteiger partial charge >= 0.3 is 0 Å². The molecule has 0 N–H and O–H groups in total. The number of halogens is 1. The molecule has 16 heavy (non-hydrogen) atoms. The van der Waals surface area contributed by atoms with E-state index >= 15 is 0 Å². The van der Waals surface area contributed by atoms with Gasteiger partial charge in [-0.15, -0.1) is 0 Å². The molecular formula is C13H18BrNO. The number of aromatic nitrogens is 1. The van der Waals surface area contributed by atoms with Crippen molar-refractivity contribution in [2.45, 2.75) is 39.2 Å². The molecule has 1 fully saturated rings. The Labute approximate surface area is 106 Å². The molecule has 3 heteroatoms. The van der Waals surface area contributed by atoms with E-state index in [0.29, 0.717) is 6.10 Å². The summed E-state index contributed by atoms with van der Waals surface area (Å²) in [7, 11) is 0. The van der Waals surface area contributed by atoms with E-state index < -0.39 is 0 Å². The topological polar surface area (TPSA) is 22.1 Å². The monoisotopic (exact) mass is 283 g/mol. The minimum absolute atomic E-state index is 0.353. The van der Waals surface area contributed by atoms with E-state index in [2.05, 4.69) is 34.8 Å². The van der Waals surface area contributed by atoms with Crippen LogP contribution < -0.4 is 4.74 Å². The maximum absolute atomic E-state index is 6.00. The lowest BCUT2D eigenvalue weighted by Crippen LogP contribution is -2.28. The van der Waals surface area contributed by atoms with Crippen LogP contribution >= 0.6 is 15.9 Å². The molecule has 1 aliphatic rings. The van der Waals surface area contributed by atoms with Gasteiger partial charge in [0.2, 0.25) is 0 Å². The van der Waals surface area contributed by atoms with Gasteiger partial charge in [0, 0.05) is 6.20 Å². The first kappa shape index (κ1) is 11.9. The fraction of sp³-hybridized carbons (Fsp3) is 0.615. The molecule has 0 aromatic carbocycles. The number of ether oxygens (including phenoxy) is 1. The summed E-state index contributed by atoms with van der Waals surface area (Å²) in [5, 5.41) is 0. The second-order valence-corrected chi connectivity index (χ2v) is 5.55. The van der Waals surface area contributed by atoms with E-state index in [9.17, 15) is 0 Å². The van der Waals surface area contributed by atoms with Gasteiger partial charge < -0.3 is 4.74 Å². The minimum atomic E-state index is 0.353. The average Bonchev–Trinajstić information content (AvgIpc) is 2.27. The Morgan fingerprint density at radius 3 is 2.81 bits per heavy atom. The maximum Gasteiger partial charge on any atom is 0.152 e. The predicted octanol–water partition coefficient (Wildman–Crippen LogP) is 4.05. The number of pyridine rings is 1. The standard InChI is InChI=1S/C13H18BrNO/c1-9-5-6-11(8-10(9)2)16-12-4-3-7-15-13(12)14/h3-4,7,9-11H,5-6,8H2,1-2H3. The molecule has 0 amide bonds. The van der Waals surface area contributed by atoms with Gasteiger partial charge in [-0.3, -0.25) is 0 Å². The number of rotatable bonds is 2. The molecule has 0 spiro atoms. The van der Waals surface area contributed by atoms with Crippen molar-refractivity contribution in [3.63, 3.8) is 0 Å². The van der Waals surface area contributed by atoms with Crippen LogP contribution in [0.2, 0.25) is 0 Å². The van der Waals surface area contributed by atoms with Gasteiger partial charge in [-0.25, -0.2) is 4.98 Å². The van der Waals surface area contributed by atoms with Crippen molar-refractivity contribution in [3.8, 4) is 5.75 Å². The molecule has 0 bridgehead atoms. The minimum Gasteiger partial charge on any atom is -0.488 e. The summed E-state index contributed by atoms with van der Waals surface area (Å²) in [5.74, 6) is 2.46. The molecule has 3 atom stereocenters. The molecule has 2 rings (SSSR count). The van der Waals surface area contributed by atoms with Gasteiger partial charge in [-0.1, -0.05) is 13.8 Å². The quantitative estimate of drug-likeness (QED) is 0.764. The molecule has 1 heterocycles. The van der Waals surface area contributed by atoms with Crippen LogP contribution in [0.4, 0.5) is 0 Å². The summed E-state index contributed by atoms with van der Waals surface area (Å²) in [6, 6.07) is 3.88. The molecular weight excluding hydrogens is 266 g/mol. The molecule has 1 aromatic rings. The lowest BCUT2D eigenvalue weighted by Gasteiger charge is -2.32. The highest BCUT2D eigenvalue weighted by atomic mass is 79.9. The third kappa shape index (κ3) is 2.76. The van der Waals surface area contributed by atoms with Crippen LogP contribution in [0.3, 0.4) is 0 Å². The highest BCUT2D eigenvalue weighted by Gasteiger charge is 2.26. The van der Waals surface area contributed by atoms with Gasteiger partial charge in [0.25, 0.3) is 0 Å². The van der Waals surface area contributed by atoms with E-state index in [-0.39, 0.29) is 0 Å². The highest BCUT2D eigenvalue weighted by molar-refractivity contribution is 9.10. The average molecular weight is 284 g/mol. The Morgan fingerprint density at radius 1 is 1.31 bits per heavy atom. The van der Waals surface area contributed by atoms with Gasteiger partial charge in [-0.05, 0) is 59.2 Å². The van der Waals surface area contributed by atoms with Crippen LogP contribution in [-0.4, -0.2) is 11.1 Å². The third-order valence-electron chi connectivity index (χ3n) is 3.57. The van der Waals surface area contributed by atoms with Crippen LogP contribution in [0.15, 0.2) is 22.9 Å². The van der Waals surface area contributed by atoms with Gasteiger partial charge in [0.05, 0.1) is 6.10 Å². The van der Waals surface area contributed by atoms with E-state index in [1.54, 1.807) is 6.20 Å². The predicted molar refractivity (Wildman–Crippen MR) is 68.5 cm³/mol. The molecule has 0 aliphatic heterocycles. The van der Waals surface area contributed by atoms with Gasteiger partial charge in [0.15, 0.2) is 5.75 Å². The van der Waals surface area contributed by atoms with E-state index in [4.69, 9.17) is 4.74 Å². The van der Waals surface area contributed by atoms with Crippen molar-refractivity contribution in [2.75, 3.05) is 0 Å². The number of nitrogens with zero attached hydrogens (tertiary/aromatic N) is 1. The smallest absolute Gasteiger partial charge is 0.152 e. The molecule has 3 unspecified atom stereocenters. The van der Waals surface area contributed by atoms with Crippen molar-refractivity contribution in [2.24, 2.45) is 11.8 Å². The molecule has 2 nitrogen and oxygen atoms in total. The van der Waals surface area contributed by atoms with Gasteiger partial charge in [0.1, 0.15) is 4.60 Å². The summed E-state index contributed by atoms with van der Waals surface area (Å²) < 4.78 is 6.80. The Balaban J connectivity index is 1.98. The van der Waals surface area contributed by atoms with Crippen molar-refractivity contribution in [1.82, 2.24) is 4.98 Å². The van der Waals surface area contributed by atoms with Crippen molar-refractivity contribution >= 4 is 15.9 Å². The lowest BCUT2D eigenvalue weighted by molar-refractivity contribution is 0.0995. The Hall–Kier alpha value is -0.570. The van der Waals surface area contributed by atoms with Crippen LogP contribution in [-0.2, 0) is 0 Å². The fourth-order valence-corrected chi connectivity index (χ4v) is 2.59. The summed E-state index contributed by atoms with van der Waals surface area (Å²) in [4.78, 5) is 4.17. The van der Waals surface area contributed by atoms with E-state index in [1.807, 2.05) is 12.1 Å². The second kappa shape index (κ2) is 5.17. The SMILES string of the molecule is CC1CCC(Oc2cccnc2Br)CC1C. The number of hydrogen-bond acceptors (Lipinski definition) is 2. The first-order valence-corrected chi connectivity index (χ1v) is 6.73. The molecule has 88 valence electrons. The fourth-order valence-electron chi connectivity index (χ4n) is 2.24. The Kier molecular flexibility index (Phi) is 3.85. The molecule has 1 saturated carbocycles. The molecule has 1 aromatic heterocycles. The summed E-state index contributed by atoms with van der Waals surface area (Å²) in [6.07, 6.45) is 5.70. The van der Waals surface area contributed by atoms with Crippen molar-refractivity contribution in [3.05, 3.63) is 22.9 Å². The van der Waals surface area contributed by atoms with Crippen molar-refractivity contribution < 1.29 is 4.74 Å². The van der Waals surface area contributed by atoms with Crippen LogP contribution in [0.5, 0.6) is 5.75 Å². The van der Waals surface area contributed by atoms with Crippen LogP contribution in [0.25, 0.3) is 0 Å². The van der Waals surface area contributed by atoms with Gasteiger partial charge in [-0.2, -0.15) is 0 Å². The normalized spacial score (nSPS) is 30.1. The van der Waals surface area contributed by atoms with E-state index in [1.165, 1.54) is 6.42 Å². The first-order valence-electron chi connectivity index (χ1n) is 5.94.